The fraction of sp³-hybridized carbons (Fsp3) is 0.350. The van der Waals surface area contributed by atoms with Crippen LogP contribution in [0.2, 0.25) is 0 Å². The van der Waals surface area contributed by atoms with Crippen LogP contribution < -0.4 is 10.2 Å². The first-order chi connectivity index (χ1) is 12.2. The van der Waals surface area contributed by atoms with Crippen molar-refractivity contribution in [1.82, 2.24) is 4.90 Å². The molecule has 2 amide bonds. The lowest BCUT2D eigenvalue weighted by Crippen LogP contribution is -2.50. The van der Waals surface area contributed by atoms with Gasteiger partial charge in [-0.2, -0.15) is 0 Å². The monoisotopic (exact) mass is 355 g/mol. The van der Waals surface area contributed by atoms with Gasteiger partial charge in [0.15, 0.2) is 0 Å². The maximum Gasteiger partial charge on any atom is 0.321 e. The number of para-hydroxylation sites is 2. The number of nitrogens with one attached hydrogen (secondary N) is 1. The van der Waals surface area contributed by atoms with E-state index in [1.165, 1.54) is 16.1 Å². The van der Waals surface area contributed by atoms with Crippen molar-refractivity contribution in [2.75, 3.05) is 42.7 Å². The van der Waals surface area contributed by atoms with Gasteiger partial charge in [-0.05, 0) is 36.4 Å². The summed E-state index contributed by atoms with van der Waals surface area (Å²) in [5, 5.41) is 3.07. The first-order valence-corrected chi connectivity index (χ1v) is 9.97. The van der Waals surface area contributed by atoms with E-state index in [1.54, 1.807) is 11.8 Å². The van der Waals surface area contributed by atoms with Gasteiger partial charge in [-0.3, -0.25) is 0 Å². The van der Waals surface area contributed by atoms with E-state index in [-0.39, 0.29) is 6.03 Å². The number of nitrogens with zero attached hydrogens (tertiary/aromatic N) is 2. The molecule has 1 fully saturated rings. The van der Waals surface area contributed by atoms with Gasteiger partial charge in [-0.1, -0.05) is 37.3 Å². The largest absolute Gasteiger partial charge is 0.367 e. The van der Waals surface area contributed by atoms with Crippen LogP contribution in [0.15, 0.2) is 53.4 Å². The van der Waals surface area contributed by atoms with Gasteiger partial charge in [0.05, 0.1) is 5.69 Å². The van der Waals surface area contributed by atoms with Crippen molar-refractivity contribution in [2.45, 2.75) is 18.2 Å². The van der Waals surface area contributed by atoms with Crippen LogP contribution in [-0.2, 0) is 6.42 Å². The fourth-order valence-electron chi connectivity index (χ4n) is 3.19. The third kappa shape index (κ3) is 4.10. The molecule has 0 aromatic heterocycles. The Bertz CT molecular complexity index is 726. The summed E-state index contributed by atoms with van der Waals surface area (Å²) in [6.07, 6.45) is 3.02. The number of hydrogen-bond acceptors (Lipinski definition) is 3. The van der Waals surface area contributed by atoms with E-state index in [0.29, 0.717) is 0 Å². The number of hydrogen-bond donors (Lipinski definition) is 1. The first kappa shape index (κ1) is 17.7. The second-order valence-electron chi connectivity index (χ2n) is 6.09. The number of carbonyl (C=O) groups is 1. The second-order valence-corrected chi connectivity index (χ2v) is 6.93. The zero-order valence-electron chi connectivity index (χ0n) is 14.9. The average molecular weight is 356 g/mol. The maximum atomic E-state index is 12.6. The molecule has 0 aliphatic carbocycles. The molecular formula is C20H25N3OS. The minimum absolute atomic E-state index is 0.00120. The third-order valence-corrected chi connectivity index (χ3v) is 5.42. The highest BCUT2D eigenvalue weighted by molar-refractivity contribution is 7.98. The van der Waals surface area contributed by atoms with Crippen LogP contribution in [0.3, 0.4) is 0 Å². The number of benzene rings is 2. The molecule has 2 aromatic carbocycles. The molecule has 0 atom stereocenters. The van der Waals surface area contributed by atoms with Crippen LogP contribution in [0, 0.1) is 0 Å². The highest BCUT2D eigenvalue weighted by atomic mass is 32.2. The molecule has 1 aliphatic heterocycles. The first-order valence-electron chi connectivity index (χ1n) is 8.74. The summed E-state index contributed by atoms with van der Waals surface area (Å²) in [4.78, 5) is 18.2. The lowest BCUT2D eigenvalue weighted by molar-refractivity contribution is 0.208. The number of urea groups is 1. The molecule has 0 unspecified atom stereocenters. The number of anilines is 2. The molecule has 1 saturated heterocycles. The van der Waals surface area contributed by atoms with E-state index in [0.717, 1.165) is 38.3 Å². The van der Waals surface area contributed by atoms with Crippen LogP contribution in [0.25, 0.3) is 0 Å². The topological polar surface area (TPSA) is 35.6 Å². The third-order valence-electron chi connectivity index (χ3n) is 4.63. The molecule has 0 bridgehead atoms. The van der Waals surface area contributed by atoms with E-state index < -0.39 is 0 Å². The summed E-state index contributed by atoms with van der Waals surface area (Å²) in [5.74, 6) is 0. The predicted molar refractivity (Wildman–Crippen MR) is 107 cm³/mol. The number of aryl methyl sites for hydroxylation is 1. The Labute approximate surface area is 154 Å². The highest BCUT2D eigenvalue weighted by Crippen LogP contribution is 2.29. The molecule has 0 radical (unpaired) electrons. The number of thioether (sulfide) groups is 1. The minimum Gasteiger partial charge on any atom is -0.367 e. The fourth-order valence-corrected chi connectivity index (χ4v) is 3.81. The molecule has 5 heteroatoms. The van der Waals surface area contributed by atoms with Gasteiger partial charge >= 0.3 is 6.03 Å². The van der Waals surface area contributed by atoms with Crippen LogP contribution in [0.1, 0.15) is 12.5 Å². The summed E-state index contributed by atoms with van der Waals surface area (Å²) in [6.45, 7) is 5.31. The van der Waals surface area contributed by atoms with Crippen molar-refractivity contribution in [3.8, 4) is 0 Å². The van der Waals surface area contributed by atoms with Crippen molar-refractivity contribution in [3.05, 3.63) is 54.1 Å². The quantitative estimate of drug-likeness (QED) is 0.830. The van der Waals surface area contributed by atoms with Crippen LogP contribution in [0.4, 0.5) is 16.2 Å². The van der Waals surface area contributed by atoms with Gasteiger partial charge in [-0.15, -0.1) is 11.8 Å². The minimum atomic E-state index is -0.00120. The molecule has 3 rings (SSSR count). The Morgan fingerprint density at radius 3 is 2.44 bits per heavy atom. The maximum absolute atomic E-state index is 12.6. The lowest BCUT2D eigenvalue weighted by atomic mass is 10.1. The zero-order chi connectivity index (χ0) is 17.6. The summed E-state index contributed by atoms with van der Waals surface area (Å²) in [7, 11) is 0. The van der Waals surface area contributed by atoms with Gasteiger partial charge < -0.3 is 15.1 Å². The Balaban J connectivity index is 1.61. The molecule has 0 spiro atoms. The summed E-state index contributed by atoms with van der Waals surface area (Å²) < 4.78 is 0. The molecule has 2 aromatic rings. The number of amides is 2. The standard InChI is InChI=1S/C20H25N3OS/c1-3-16-8-4-5-9-17(16)21-20(24)23-14-12-22(13-15-23)18-10-6-7-11-19(18)25-2/h4-11H,3,12-15H2,1-2H3,(H,21,24). The van der Waals surface area contributed by atoms with Crippen LogP contribution in [0.5, 0.6) is 0 Å². The van der Waals surface area contributed by atoms with Crippen molar-refractivity contribution in [1.29, 1.82) is 0 Å². The SMILES string of the molecule is CCc1ccccc1NC(=O)N1CCN(c2ccccc2SC)CC1. The van der Waals surface area contributed by atoms with Gasteiger partial charge in [-0.25, -0.2) is 4.79 Å². The number of rotatable bonds is 4. The highest BCUT2D eigenvalue weighted by Gasteiger charge is 2.22. The van der Waals surface area contributed by atoms with Gasteiger partial charge in [0.25, 0.3) is 0 Å². The molecule has 4 nitrogen and oxygen atoms in total. The number of piperazine rings is 1. The van der Waals surface area contributed by atoms with E-state index >= 15 is 0 Å². The Morgan fingerprint density at radius 2 is 1.72 bits per heavy atom. The molecular weight excluding hydrogens is 330 g/mol. The van der Waals surface area contributed by atoms with Gasteiger partial charge in [0.2, 0.25) is 0 Å². The van der Waals surface area contributed by atoms with Crippen molar-refractivity contribution >= 4 is 29.2 Å². The summed E-state index contributed by atoms with van der Waals surface area (Å²) >= 11 is 1.77. The lowest BCUT2D eigenvalue weighted by Gasteiger charge is -2.36. The average Bonchev–Trinajstić information content (AvgIpc) is 2.68. The van der Waals surface area contributed by atoms with E-state index in [1.807, 2.05) is 23.1 Å². The smallest absolute Gasteiger partial charge is 0.321 e. The molecule has 132 valence electrons. The molecule has 0 saturated carbocycles. The molecule has 25 heavy (non-hydrogen) atoms. The van der Waals surface area contributed by atoms with Gasteiger partial charge in [0, 0.05) is 36.8 Å². The Hall–Kier alpha value is -2.14. The zero-order valence-corrected chi connectivity index (χ0v) is 15.7. The molecule has 1 aliphatic rings. The van der Waals surface area contributed by atoms with E-state index in [4.69, 9.17) is 0 Å². The Morgan fingerprint density at radius 1 is 1.04 bits per heavy atom. The second kappa shape index (κ2) is 8.30. The van der Waals surface area contributed by atoms with Crippen molar-refractivity contribution < 1.29 is 4.79 Å². The molecule has 1 heterocycles. The van der Waals surface area contributed by atoms with E-state index in [2.05, 4.69) is 53.7 Å². The van der Waals surface area contributed by atoms with Gasteiger partial charge in [0.1, 0.15) is 0 Å². The number of carbonyl (C=O) groups excluding carboxylic acids is 1. The predicted octanol–water partition coefficient (Wildman–Crippen LogP) is 4.33. The summed E-state index contributed by atoms with van der Waals surface area (Å²) in [6, 6.07) is 16.5. The summed E-state index contributed by atoms with van der Waals surface area (Å²) in [5.41, 5.74) is 3.36. The van der Waals surface area contributed by atoms with Crippen LogP contribution >= 0.6 is 11.8 Å². The van der Waals surface area contributed by atoms with Crippen molar-refractivity contribution in [2.24, 2.45) is 0 Å². The Kier molecular flexibility index (Phi) is 5.87. The molecule has 1 N–H and O–H groups in total. The normalized spacial score (nSPS) is 14.5. The van der Waals surface area contributed by atoms with Crippen molar-refractivity contribution in [3.63, 3.8) is 0 Å². The van der Waals surface area contributed by atoms with E-state index in [9.17, 15) is 4.79 Å². The van der Waals surface area contributed by atoms with Crippen LogP contribution in [-0.4, -0.2) is 43.4 Å².